The normalized spacial score (nSPS) is 18.9. The molecule has 1 N–H and O–H groups in total. The van der Waals surface area contributed by atoms with Crippen molar-refractivity contribution in [1.29, 1.82) is 0 Å². The second-order valence-corrected chi connectivity index (χ2v) is 5.68. The van der Waals surface area contributed by atoms with Crippen LogP contribution in [0.1, 0.15) is 31.4 Å². The standard InChI is InChI=1S/C14H18F3N3O3/c15-14(16,17)11-5-7-20(18-11)9-12(21)19-6-1-2-10(8-19)3-4-13(22)23/h5,7,10H,1-4,6,8-9H2,(H,22,23). The predicted molar refractivity (Wildman–Crippen MR) is 73.4 cm³/mol. The van der Waals surface area contributed by atoms with E-state index in [0.29, 0.717) is 19.5 Å². The molecule has 1 unspecified atom stereocenters. The van der Waals surface area contributed by atoms with Gasteiger partial charge in [0.05, 0.1) is 0 Å². The smallest absolute Gasteiger partial charge is 0.435 e. The van der Waals surface area contributed by atoms with E-state index in [-0.39, 0.29) is 24.8 Å². The Morgan fingerprint density at radius 2 is 2.13 bits per heavy atom. The summed E-state index contributed by atoms with van der Waals surface area (Å²) < 4.78 is 38.4. The number of carboxylic acids is 1. The van der Waals surface area contributed by atoms with Crippen LogP contribution in [0.5, 0.6) is 0 Å². The van der Waals surface area contributed by atoms with Gasteiger partial charge in [-0.25, -0.2) is 0 Å². The van der Waals surface area contributed by atoms with E-state index in [4.69, 9.17) is 5.11 Å². The van der Waals surface area contributed by atoms with E-state index in [1.54, 1.807) is 4.90 Å². The van der Waals surface area contributed by atoms with Gasteiger partial charge in [-0.1, -0.05) is 0 Å². The molecule has 1 fully saturated rings. The summed E-state index contributed by atoms with van der Waals surface area (Å²) in [4.78, 5) is 24.3. The number of hydrogen-bond acceptors (Lipinski definition) is 3. The van der Waals surface area contributed by atoms with Crippen LogP contribution < -0.4 is 0 Å². The number of carbonyl (C=O) groups is 2. The van der Waals surface area contributed by atoms with Crippen molar-refractivity contribution >= 4 is 11.9 Å². The fraction of sp³-hybridized carbons (Fsp3) is 0.643. The first-order valence-corrected chi connectivity index (χ1v) is 7.36. The molecule has 0 aromatic carbocycles. The molecule has 1 aliphatic rings. The number of alkyl halides is 3. The summed E-state index contributed by atoms with van der Waals surface area (Å²) in [5, 5.41) is 12.1. The monoisotopic (exact) mass is 333 g/mol. The van der Waals surface area contributed by atoms with E-state index in [2.05, 4.69) is 5.10 Å². The van der Waals surface area contributed by atoms with Crippen molar-refractivity contribution in [3.05, 3.63) is 18.0 Å². The van der Waals surface area contributed by atoms with Gasteiger partial charge in [0.1, 0.15) is 6.54 Å². The van der Waals surface area contributed by atoms with E-state index < -0.39 is 17.8 Å². The zero-order chi connectivity index (χ0) is 17.0. The molecule has 2 rings (SSSR count). The van der Waals surface area contributed by atoms with Crippen molar-refractivity contribution in [2.24, 2.45) is 5.92 Å². The highest BCUT2D eigenvalue weighted by Crippen LogP contribution is 2.27. The fourth-order valence-corrected chi connectivity index (χ4v) is 2.69. The third-order valence-corrected chi connectivity index (χ3v) is 3.87. The molecule has 0 radical (unpaired) electrons. The lowest BCUT2D eigenvalue weighted by Crippen LogP contribution is -2.41. The summed E-state index contributed by atoms with van der Waals surface area (Å²) in [6, 6.07) is 0.832. The van der Waals surface area contributed by atoms with E-state index in [9.17, 15) is 22.8 Å². The van der Waals surface area contributed by atoms with Crippen molar-refractivity contribution in [1.82, 2.24) is 14.7 Å². The van der Waals surface area contributed by atoms with Gasteiger partial charge in [-0.2, -0.15) is 18.3 Å². The van der Waals surface area contributed by atoms with Crippen molar-refractivity contribution in [3.8, 4) is 0 Å². The molecular formula is C14H18F3N3O3. The summed E-state index contributed by atoms with van der Waals surface area (Å²) in [6.45, 7) is 0.733. The minimum absolute atomic E-state index is 0.0563. The number of piperidine rings is 1. The summed E-state index contributed by atoms with van der Waals surface area (Å²) in [5.74, 6) is -1.06. The molecule has 0 aliphatic carbocycles. The number of rotatable bonds is 5. The van der Waals surface area contributed by atoms with E-state index in [1.165, 1.54) is 0 Å². The van der Waals surface area contributed by atoms with Crippen LogP contribution in [-0.4, -0.2) is 44.8 Å². The van der Waals surface area contributed by atoms with Gasteiger partial charge in [0.15, 0.2) is 5.69 Å². The Morgan fingerprint density at radius 1 is 1.39 bits per heavy atom. The number of halogens is 3. The molecule has 1 saturated heterocycles. The second kappa shape index (κ2) is 7.01. The largest absolute Gasteiger partial charge is 0.481 e. The first-order chi connectivity index (χ1) is 10.8. The van der Waals surface area contributed by atoms with E-state index in [0.717, 1.165) is 29.8 Å². The molecule has 1 aromatic heterocycles. The van der Waals surface area contributed by atoms with Crippen molar-refractivity contribution in [2.45, 2.75) is 38.4 Å². The molecule has 1 aliphatic heterocycles. The van der Waals surface area contributed by atoms with Gasteiger partial charge in [0, 0.05) is 25.7 Å². The van der Waals surface area contributed by atoms with E-state index >= 15 is 0 Å². The van der Waals surface area contributed by atoms with Crippen LogP contribution in [0.4, 0.5) is 13.2 Å². The van der Waals surface area contributed by atoms with Crippen LogP contribution >= 0.6 is 0 Å². The number of hydrogen-bond donors (Lipinski definition) is 1. The fourth-order valence-electron chi connectivity index (χ4n) is 2.69. The number of likely N-dealkylation sites (tertiary alicyclic amines) is 1. The Hall–Kier alpha value is -2.06. The quantitative estimate of drug-likeness (QED) is 0.894. The third-order valence-electron chi connectivity index (χ3n) is 3.87. The molecule has 1 atom stereocenters. The number of carboxylic acid groups (broad SMARTS) is 1. The highest BCUT2D eigenvalue weighted by Gasteiger charge is 2.34. The number of nitrogens with zero attached hydrogens (tertiary/aromatic N) is 3. The lowest BCUT2D eigenvalue weighted by Gasteiger charge is -2.32. The molecule has 0 bridgehead atoms. The zero-order valence-corrected chi connectivity index (χ0v) is 12.4. The number of amides is 1. The summed E-state index contributed by atoms with van der Waals surface area (Å²) in [7, 11) is 0. The van der Waals surface area contributed by atoms with Gasteiger partial charge in [-0.3, -0.25) is 14.3 Å². The summed E-state index contributed by atoms with van der Waals surface area (Å²) in [6.07, 6.45) is -1.21. The van der Waals surface area contributed by atoms with Crippen molar-refractivity contribution in [2.75, 3.05) is 13.1 Å². The van der Waals surface area contributed by atoms with Crippen LogP contribution in [-0.2, 0) is 22.3 Å². The van der Waals surface area contributed by atoms with Gasteiger partial charge >= 0.3 is 12.1 Å². The third kappa shape index (κ3) is 4.97. The maximum atomic E-state index is 12.5. The molecule has 0 spiro atoms. The zero-order valence-electron chi connectivity index (χ0n) is 12.4. The van der Waals surface area contributed by atoms with Gasteiger partial charge in [-0.15, -0.1) is 0 Å². The van der Waals surface area contributed by atoms with Crippen LogP contribution in [0.2, 0.25) is 0 Å². The molecule has 128 valence electrons. The van der Waals surface area contributed by atoms with Crippen LogP contribution in [0.15, 0.2) is 12.3 Å². The van der Waals surface area contributed by atoms with E-state index in [1.807, 2.05) is 0 Å². The highest BCUT2D eigenvalue weighted by atomic mass is 19.4. The number of aromatic nitrogens is 2. The Labute approximate surface area is 130 Å². The Kier molecular flexibility index (Phi) is 5.27. The maximum absolute atomic E-state index is 12.5. The van der Waals surface area contributed by atoms with Gasteiger partial charge in [-0.05, 0) is 31.2 Å². The average molecular weight is 333 g/mol. The molecule has 0 saturated carbocycles. The molecule has 23 heavy (non-hydrogen) atoms. The maximum Gasteiger partial charge on any atom is 0.435 e. The van der Waals surface area contributed by atoms with Crippen LogP contribution in [0.25, 0.3) is 0 Å². The van der Waals surface area contributed by atoms with Crippen molar-refractivity contribution < 1.29 is 27.9 Å². The molecule has 1 aromatic rings. The molecule has 9 heteroatoms. The Bertz CT molecular complexity index is 571. The van der Waals surface area contributed by atoms with Crippen LogP contribution in [0.3, 0.4) is 0 Å². The number of aliphatic carboxylic acids is 1. The topological polar surface area (TPSA) is 75.4 Å². The highest BCUT2D eigenvalue weighted by molar-refractivity contribution is 5.76. The molecular weight excluding hydrogens is 315 g/mol. The van der Waals surface area contributed by atoms with Gasteiger partial charge < -0.3 is 10.0 Å². The Balaban J connectivity index is 1.89. The summed E-state index contributed by atoms with van der Waals surface area (Å²) in [5.41, 5.74) is -1.02. The number of carbonyl (C=O) groups excluding carboxylic acids is 1. The molecule has 6 nitrogen and oxygen atoms in total. The minimum Gasteiger partial charge on any atom is -0.481 e. The van der Waals surface area contributed by atoms with Crippen molar-refractivity contribution in [3.63, 3.8) is 0 Å². The Morgan fingerprint density at radius 3 is 2.74 bits per heavy atom. The molecule has 2 heterocycles. The van der Waals surface area contributed by atoms with Gasteiger partial charge in [0.2, 0.25) is 5.91 Å². The van der Waals surface area contributed by atoms with Gasteiger partial charge in [0.25, 0.3) is 0 Å². The minimum atomic E-state index is -4.53. The lowest BCUT2D eigenvalue weighted by molar-refractivity contribution is -0.142. The lowest BCUT2D eigenvalue weighted by atomic mass is 9.93. The average Bonchev–Trinajstić information content (AvgIpc) is 2.94. The van der Waals surface area contributed by atoms with Crippen LogP contribution in [0, 0.1) is 5.92 Å². The second-order valence-electron chi connectivity index (χ2n) is 5.68. The first kappa shape index (κ1) is 17.3. The predicted octanol–water partition coefficient (Wildman–Crippen LogP) is 2.01. The molecule has 1 amide bonds. The first-order valence-electron chi connectivity index (χ1n) is 7.36. The SMILES string of the molecule is O=C(O)CCC1CCCN(C(=O)Cn2ccc(C(F)(F)F)n2)C1. The summed E-state index contributed by atoms with van der Waals surface area (Å²) >= 11 is 0.